The van der Waals surface area contributed by atoms with Crippen molar-refractivity contribution in [2.24, 2.45) is 0 Å². The molecular weight excluding hydrogens is 344 g/mol. The van der Waals surface area contributed by atoms with Gasteiger partial charge in [-0.3, -0.25) is 0 Å². The molecule has 0 N–H and O–H groups in total. The number of carbonyl (C=O) groups excluding carboxylic acids is 1. The van der Waals surface area contributed by atoms with E-state index in [9.17, 15) is 22.4 Å². The quantitative estimate of drug-likeness (QED) is 0.444. The molecule has 4 nitrogen and oxygen atoms in total. The van der Waals surface area contributed by atoms with Gasteiger partial charge in [0, 0.05) is 11.6 Å². The monoisotopic (exact) mass is 358 g/mol. The summed E-state index contributed by atoms with van der Waals surface area (Å²) >= 11 is 0. The highest BCUT2D eigenvalue weighted by atomic mass is 19.4. The molecule has 0 saturated heterocycles. The molecule has 0 heterocycles. The second-order valence-corrected chi connectivity index (χ2v) is 5.05. The van der Waals surface area contributed by atoms with Gasteiger partial charge in [0.2, 0.25) is 0 Å². The predicted molar refractivity (Wildman–Crippen MR) is 79.9 cm³/mol. The lowest BCUT2D eigenvalue weighted by molar-refractivity contribution is -0.139. The molecule has 0 atom stereocenters. The summed E-state index contributed by atoms with van der Waals surface area (Å²) < 4.78 is 67.3. The Morgan fingerprint density at radius 2 is 1.80 bits per heavy atom. The fourth-order valence-electron chi connectivity index (χ4n) is 2.01. The Kier molecular flexibility index (Phi) is 5.51. The highest BCUT2D eigenvalue weighted by Gasteiger charge is 2.35. The number of ether oxygens (including phenoxy) is 3. The number of hydrogen-bond donors (Lipinski definition) is 0. The van der Waals surface area contributed by atoms with Gasteiger partial charge in [0.15, 0.2) is 0 Å². The van der Waals surface area contributed by atoms with E-state index in [2.05, 4.69) is 4.74 Å². The molecule has 0 fully saturated rings. The van der Waals surface area contributed by atoms with Crippen molar-refractivity contribution in [3.8, 4) is 11.5 Å². The first-order valence-corrected chi connectivity index (χ1v) is 7.06. The van der Waals surface area contributed by atoms with E-state index in [1.165, 1.54) is 19.1 Å². The molecule has 2 rings (SSSR count). The summed E-state index contributed by atoms with van der Waals surface area (Å²) in [4.78, 5) is 11.2. The first-order valence-electron chi connectivity index (χ1n) is 7.06. The minimum atomic E-state index is -4.70. The molecule has 25 heavy (non-hydrogen) atoms. The lowest BCUT2D eigenvalue weighted by Crippen LogP contribution is -2.12. The van der Waals surface area contributed by atoms with Crippen LogP contribution in [0.2, 0.25) is 0 Å². The molecule has 8 heteroatoms. The molecule has 0 aromatic heterocycles. The van der Waals surface area contributed by atoms with Crippen molar-refractivity contribution in [2.45, 2.75) is 19.7 Å². The molecule has 0 aliphatic heterocycles. The van der Waals surface area contributed by atoms with Gasteiger partial charge >= 0.3 is 12.3 Å². The third-order valence-corrected chi connectivity index (χ3v) is 3.28. The van der Waals surface area contributed by atoms with Crippen LogP contribution in [0, 0.1) is 12.7 Å². The van der Waals surface area contributed by atoms with Crippen molar-refractivity contribution < 1.29 is 36.6 Å². The second-order valence-electron chi connectivity index (χ2n) is 5.05. The maximum Gasteiger partial charge on any atom is 0.513 e. The number of carbonyl (C=O) groups is 1. The first kappa shape index (κ1) is 18.6. The minimum absolute atomic E-state index is 0.0653. The third kappa shape index (κ3) is 4.62. The predicted octanol–water partition coefficient (Wildman–Crippen LogP) is 4.88. The summed E-state index contributed by atoms with van der Waals surface area (Å²) in [7, 11) is 1.12. The van der Waals surface area contributed by atoms with E-state index in [0.29, 0.717) is 17.7 Å². The van der Waals surface area contributed by atoms with Gasteiger partial charge in [-0.25, -0.2) is 9.18 Å². The summed E-state index contributed by atoms with van der Waals surface area (Å²) in [5.74, 6) is -1.40. The summed E-state index contributed by atoms with van der Waals surface area (Å²) in [6.07, 6.45) is -5.68. The number of hydrogen-bond acceptors (Lipinski definition) is 4. The summed E-state index contributed by atoms with van der Waals surface area (Å²) in [5, 5.41) is 0. The van der Waals surface area contributed by atoms with Crippen molar-refractivity contribution in [3.63, 3.8) is 0 Å². The van der Waals surface area contributed by atoms with Crippen LogP contribution in [0.3, 0.4) is 0 Å². The van der Waals surface area contributed by atoms with E-state index in [-0.39, 0.29) is 17.9 Å². The maximum atomic E-state index is 13.6. The number of methoxy groups -OCH3 is 1. The Bertz CT molecular complexity index is 772. The van der Waals surface area contributed by atoms with E-state index in [4.69, 9.17) is 9.47 Å². The molecule has 0 radical (unpaired) electrons. The molecule has 2 aromatic carbocycles. The maximum absolute atomic E-state index is 13.6. The van der Waals surface area contributed by atoms with Crippen LogP contribution in [0.15, 0.2) is 36.4 Å². The number of aryl methyl sites for hydroxylation is 1. The Balaban J connectivity index is 2.28. The van der Waals surface area contributed by atoms with E-state index >= 15 is 0 Å². The van der Waals surface area contributed by atoms with Gasteiger partial charge in [0.05, 0.1) is 12.7 Å². The van der Waals surface area contributed by atoms with Gasteiger partial charge < -0.3 is 14.2 Å². The zero-order chi connectivity index (χ0) is 18.6. The molecule has 0 amide bonds. The van der Waals surface area contributed by atoms with Crippen molar-refractivity contribution in [2.75, 3.05) is 7.11 Å². The minimum Gasteiger partial charge on any atom is -0.488 e. The van der Waals surface area contributed by atoms with E-state index in [0.717, 1.165) is 7.11 Å². The van der Waals surface area contributed by atoms with Crippen molar-refractivity contribution >= 4 is 6.16 Å². The van der Waals surface area contributed by atoms with E-state index in [1.54, 1.807) is 12.1 Å². The van der Waals surface area contributed by atoms with Gasteiger partial charge in [-0.2, -0.15) is 13.2 Å². The highest BCUT2D eigenvalue weighted by Crippen LogP contribution is 2.38. The van der Waals surface area contributed by atoms with Crippen LogP contribution in [0.4, 0.5) is 22.4 Å². The molecule has 2 aromatic rings. The van der Waals surface area contributed by atoms with Gasteiger partial charge in [-0.15, -0.1) is 0 Å². The standard InChI is InChI=1S/C17H14F4O4/c1-10-7-12(17(19,20)21)15(8-13(10)18)24-9-11-5-3-4-6-14(11)25-16(22)23-2/h3-8H,9H2,1-2H3. The summed E-state index contributed by atoms with van der Waals surface area (Å²) in [6.45, 7) is 0.868. The lowest BCUT2D eigenvalue weighted by Gasteiger charge is -2.16. The van der Waals surface area contributed by atoms with Crippen molar-refractivity contribution in [1.82, 2.24) is 0 Å². The molecular formula is C17H14F4O4. The SMILES string of the molecule is COC(=O)Oc1ccccc1COc1cc(F)c(C)cc1C(F)(F)F. The van der Waals surface area contributed by atoms with E-state index in [1.807, 2.05) is 0 Å². The zero-order valence-corrected chi connectivity index (χ0v) is 13.3. The lowest BCUT2D eigenvalue weighted by atomic mass is 10.1. The van der Waals surface area contributed by atoms with Crippen molar-refractivity contribution in [1.29, 1.82) is 0 Å². The average Bonchev–Trinajstić information content (AvgIpc) is 2.55. The molecule has 0 aliphatic rings. The number of rotatable bonds is 4. The fraction of sp³-hybridized carbons (Fsp3) is 0.235. The molecule has 0 spiro atoms. The summed E-state index contributed by atoms with van der Waals surface area (Å²) in [6, 6.07) is 7.44. The summed E-state index contributed by atoms with van der Waals surface area (Å²) in [5.41, 5.74) is -0.936. The van der Waals surface area contributed by atoms with Gasteiger partial charge in [-0.1, -0.05) is 18.2 Å². The molecule has 0 aliphatic carbocycles. The van der Waals surface area contributed by atoms with Crippen LogP contribution in [-0.4, -0.2) is 13.3 Å². The molecule has 0 bridgehead atoms. The van der Waals surface area contributed by atoms with Crippen molar-refractivity contribution in [3.05, 3.63) is 58.9 Å². The Hall–Kier alpha value is -2.77. The van der Waals surface area contributed by atoms with Gasteiger partial charge in [-0.05, 0) is 24.6 Å². The first-order chi connectivity index (χ1) is 11.7. The van der Waals surface area contributed by atoms with Crippen LogP contribution in [0.5, 0.6) is 11.5 Å². The van der Waals surface area contributed by atoms with Crippen LogP contribution >= 0.6 is 0 Å². The largest absolute Gasteiger partial charge is 0.513 e. The smallest absolute Gasteiger partial charge is 0.488 e. The molecule has 0 unspecified atom stereocenters. The number of halogens is 4. The molecule has 0 saturated carbocycles. The van der Waals surface area contributed by atoms with Crippen LogP contribution < -0.4 is 9.47 Å². The third-order valence-electron chi connectivity index (χ3n) is 3.28. The number of benzene rings is 2. The highest BCUT2D eigenvalue weighted by molar-refractivity contribution is 5.64. The zero-order valence-electron chi connectivity index (χ0n) is 13.3. The topological polar surface area (TPSA) is 44.8 Å². The molecule has 134 valence electrons. The van der Waals surface area contributed by atoms with Crippen LogP contribution in [0.1, 0.15) is 16.7 Å². The number of alkyl halides is 3. The Labute approximate surface area is 140 Å². The average molecular weight is 358 g/mol. The van der Waals surface area contributed by atoms with Gasteiger partial charge in [0.1, 0.15) is 23.9 Å². The van der Waals surface area contributed by atoms with E-state index < -0.39 is 29.5 Å². The van der Waals surface area contributed by atoms with Crippen LogP contribution in [-0.2, 0) is 17.5 Å². The van der Waals surface area contributed by atoms with Gasteiger partial charge in [0.25, 0.3) is 0 Å². The number of para-hydroxylation sites is 1. The second kappa shape index (κ2) is 7.42. The normalized spacial score (nSPS) is 11.1. The fourth-order valence-corrected chi connectivity index (χ4v) is 2.01. The van der Waals surface area contributed by atoms with Crippen LogP contribution in [0.25, 0.3) is 0 Å². The Morgan fingerprint density at radius 3 is 2.44 bits per heavy atom. The Morgan fingerprint density at radius 1 is 1.12 bits per heavy atom.